The second kappa shape index (κ2) is 5.41. The highest BCUT2D eigenvalue weighted by atomic mass is 35.5. The average molecular weight is 309 g/mol. The summed E-state index contributed by atoms with van der Waals surface area (Å²) in [6.45, 7) is 0. The van der Waals surface area contributed by atoms with Crippen LogP contribution in [-0.4, -0.2) is 13.5 Å². The molecule has 0 aliphatic carbocycles. The lowest BCUT2D eigenvalue weighted by Crippen LogP contribution is -2.14. The minimum Gasteiger partial charge on any atom is -0.506 e. The number of sulfonamides is 1. The van der Waals surface area contributed by atoms with Gasteiger partial charge in [-0.3, -0.25) is 4.72 Å². The van der Waals surface area contributed by atoms with E-state index in [1.165, 1.54) is 36.4 Å². The fourth-order valence-electron chi connectivity index (χ4n) is 1.57. The van der Waals surface area contributed by atoms with Gasteiger partial charge >= 0.3 is 0 Å². The molecule has 2 aromatic rings. The van der Waals surface area contributed by atoms with Crippen molar-refractivity contribution >= 4 is 27.3 Å². The van der Waals surface area contributed by atoms with Crippen LogP contribution in [0.4, 0.5) is 5.69 Å². The molecule has 2 aromatic carbocycles. The van der Waals surface area contributed by atoms with E-state index < -0.39 is 10.0 Å². The van der Waals surface area contributed by atoms with Crippen LogP contribution in [0.25, 0.3) is 0 Å². The normalized spacial score (nSPS) is 10.8. The highest BCUT2D eigenvalue weighted by Gasteiger charge is 2.18. The number of hydrogen-bond acceptors (Lipinski definition) is 4. The summed E-state index contributed by atoms with van der Waals surface area (Å²) in [5, 5.41) is 18.2. The molecule has 0 aliphatic rings. The number of aromatic hydroxyl groups is 1. The third kappa shape index (κ3) is 2.85. The molecule has 0 unspecified atom stereocenters. The number of phenolic OH excluding ortho intramolecular Hbond substituents is 1. The summed E-state index contributed by atoms with van der Waals surface area (Å²) in [6.07, 6.45) is 0. The maximum atomic E-state index is 12.2. The van der Waals surface area contributed by atoms with Gasteiger partial charge in [0.2, 0.25) is 0 Å². The Morgan fingerprint density at radius 3 is 2.55 bits per heavy atom. The first-order chi connectivity index (χ1) is 9.44. The minimum absolute atomic E-state index is 0.0266. The van der Waals surface area contributed by atoms with Gasteiger partial charge in [-0.25, -0.2) is 8.42 Å². The van der Waals surface area contributed by atoms with Gasteiger partial charge in [-0.15, -0.1) is 0 Å². The first-order valence-electron chi connectivity index (χ1n) is 5.44. The van der Waals surface area contributed by atoms with Gasteiger partial charge in [0.25, 0.3) is 10.0 Å². The number of hydrogen-bond donors (Lipinski definition) is 2. The van der Waals surface area contributed by atoms with Crippen LogP contribution in [0.15, 0.2) is 47.4 Å². The number of nitriles is 1. The van der Waals surface area contributed by atoms with Gasteiger partial charge in [0.05, 0.1) is 16.3 Å². The van der Waals surface area contributed by atoms with Crippen LogP contribution < -0.4 is 4.72 Å². The first-order valence-corrected chi connectivity index (χ1v) is 7.30. The van der Waals surface area contributed by atoms with E-state index in [1.807, 2.05) is 6.07 Å². The summed E-state index contributed by atoms with van der Waals surface area (Å²) in [4.78, 5) is -0.119. The van der Waals surface area contributed by atoms with E-state index in [0.29, 0.717) is 0 Å². The van der Waals surface area contributed by atoms with Gasteiger partial charge < -0.3 is 5.11 Å². The lowest BCUT2D eigenvalue weighted by atomic mass is 10.2. The molecule has 0 heterocycles. The zero-order chi connectivity index (χ0) is 14.8. The van der Waals surface area contributed by atoms with Crippen molar-refractivity contribution in [3.8, 4) is 11.8 Å². The highest BCUT2D eigenvalue weighted by Crippen LogP contribution is 2.27. The van der Waals surface area contributed by atoms with Crippen molar-refractivity contribution in [2.75, 3.05) is 4.72 Å². The van der Waals surface area contributed by atoms with Crippen molar-refractivity contribution < 1.29 is 13.5 Å². The number of benzene rings is 2. The van der Waals surface area contributed by atoms with Gasteiger partial charge in [0, 0.05) is 0 Å². The van der Waals surface area contributed by atoms with Crippen molar-refractivity contribution in [1.82, 2.24) is 0 Å². The highest BCUT2D eigenvalue weighted by molar-refractivity contribution is 7.92. The van der Waals surface area contributed by atoms with Crippen LogP contribution in [0.3, 0.4) is 0 Å². The molecule has 0 saturated carbocycles. The second-order valence-corrected chi connectivity index (χ2v) is 5.94. The summed E-state index contributed by atoms with van der Waals surface area (Å²) >= 11 is 5.71. The van der Waals surface area contributed by atoms with Crippen molar-refractivity contribution in [3.63, 3.8) is 0 Å². The molecule has 7 heteroatoms. The second-order valence-electron chi connectivity index (χ2n) is 3.88. The summed E-state index contributed by atoms with van der Waals surface area (Å²) < 4.78 is 26.7. The molecule has 0 spiro atoms. The van der Waals surface area contributed by atoms with Crippen molar-refractivity contribution in [3.05, 3.63) is 53.1 Å². The van der Waals surface area contributed by atoms with Crippen LogP contribution in [0.5, 0.6) is 5.75 Å². The topological polar surface area (TPSA) is 90.2 Å². The number of nitrogens with one attached hydrogen (secondary N) is 1. The van der Waals surface area contributed by atoms with Crippen LogP contribution >= 0.6 is 11.6 Å². The fourth-order valence-corrected chi connectivity index (χ4v) is 2.96. The Morgan fingerprint density at radius 2 is 1.90 bits per heavy atom. The van der Waals surface area contributed by atoms with E-state index in [0.717, 1.165) is 0 Å². The Balaban J connectivity index is 2.41. The van der Waals surface area contributed by atoms with E-state index in [-0.39, 0.29) is 26.9 Å². The molecule has 2 N–H and O–H groups in total. The molecule has 0 fully saturated rings. The van der Waals surface area contributed by atoms with E-state index in [9.17, 15) is 13.5 Å². The summed E-state index contributed by atoms with van der Waals surface area (Å²) in [6, 6.07) is 11.6. The first kappa shape index (κ1) is 14.2. The lowest BCUT2D eigenvalue weighted by molar-refractivity contribution is 0.475. The lowest BCUT2D eigenvalue weighted by Gasteiger charge is -2.09. The number of nitrogens with zero attached hydrogens (tertiary/aromatic N) is 1. The summed E-state index contributed by atoms with van der Waals surface area (Å²) in [5.74, 6) is -0.146. The van der Waals surface area contributed by atoms with Crippen LogP contribution in [0, 0.1) is 11.3 Å². The molecule has 0 bridgehead atoms. The molecule has 0 aliphatic heterocycles. The molecule has 0 aromatic heterocycles. The van der Waals surface area contributed by atoms with Crippen LogP contribution in [0.2, 0.25) is 5.02 Å². The third-order valence-electron chi connectivity index (χ3n) is 2.50. The standard InChI is InChI=1S/C13H9ClN2O3S/c14-11-7-10(5-6-12(11)17)16-20(18,19)13-4-2-1-3-9(13)8-15/h1-7,16-17H. The Labute approximate surface area is 121 Å². The van der Waals surface area contributed by atoms with Gasteiger partial charge in [-0.05, 0) is 30.3 Å². The van der Waals surface area contributed by atoms with Crippen LogP contribution in [0.1, 0.15) is 5.56 Å². The largest absolute Gasteiger partial charge is 0.506 e. The van der Waals surface area contributed by atoms with E-state index in [4.69, 9.17) is 16.9 Å². The molecular weight excluding hydrogens is 300 g/mol. The maximum absolute atomic E-state index is 12.2. The molecular formula is C13H9ClN2O3S. The van der Waals surface area contributed by atoms with E-state index in [2.05, 4.69) is 4.72 Å². The Bertz CT molecular complexity index is 798. The number of halogens is 1. The van der Waals surface area contributed by atoms with Crippen molar-refractivity contribution in [2.24, 2.45) is 0 Å². The molecule has 102 valence electrons. The minimum atomic E-state index is -3.90. The number of rotatable bonds is 3. The zero-order valence-electron chi connectivity index (χ0n) is 10.0. The van der Waals surface area contributed by atoms with Crippen molar-refractivity contribution in [1.29, 1.82) is 5.26 Å². The smallest absolute Gasteiger partial charge is 0.263 e. The van der Waals surface area contributed by atoms with Gasteiger partial charge in [-0.2, -0.15) is 5.26 Å². The number of phenols is 1. The quantitative estimate of drug-likeness (QED) is 0.853. The third-order valence-corrected chi connectivity index (χ3v) is 4.24. The van der Waals surface area contributed by atoms with Crippen molar-refractivity contribution in [2.45, 2.75) is 4.90 Å². The van der Waals surface area contributed by atoms with E-state index in [1.54, 1.807) is 6.07 Å². The zero-order valence-corrected chi connectivity index (χ0v) is 11.6. The molecule has 0 amide bonds. The Morgan fingerprint density at radius 1 is 1.20 bits per heavy atom. The van der Waals surface area contributed by atoms with Gasteiger partial charge in [-0.1, -0.05) is 23.7 Å². The molecule has 0 radical (unpaired) electrons. The predicted octanol–water partition coefficient (Wildman–Crippen LogP) is 2.72. The van der Waals surface area contributed by atoms with Crippen LogP contribution in [-0.2, 0) is 10.0 Å². The molecule has 5 nitrogen and oxygen atoms in total. The van der Waals surface area contributed by atoms with Gasteiger partial charge in [0.15, 0.2) is 0 Å². The average Bonchev–Trinajstić information content (AvgIpc) is 2.42. The summed E-state index contributed by atoms with van der Waals surface area (Å²) in [5.41, 5.74) is 0.241. The Kier molecular flexibility index (Phi) is 3.84. The maximum Gasteiger partial charge on any atom is 0.263 e. The predicted molar refractivity (Wildman–Crippen MR) is 75.1 cm³/mol. The molecule has 2 rings (SSSR count). The summed E-state index contributed by atoms with van der Waals surface area (Å²) in [7, 11) is -3.90. The van der Waals surface area contributed by atoms with Gasteiger partial charge in [0.1, 0.15) is 16.7 Å². The molecule has 20 heavy (non-hydrogen) atoms. The molecule has 0 saturated heterocycles. The molecule has 0 atom stereocenters. The Hall–Kier alpha value is -2.23. The SMILES string of the molecule is N#Cc1ccccc1S(=O)(=O)Nc1ccc(O)c(Cl)c1. The number of anilines is 1. The fraction of sp³-hybridized carbons (Fsp3) is 0. The van der Waals surface area contributed by atoms with E-state index >= 15 is 0 Å². The monoisotopic (exact) mass is 308 g/mol.